The first-order valence-electron chi connectivity index (χ1n) is 9.68. The van der Waals surface area contributed by atoms with Gasteiger partial charge in [0.15, 0.2) is 0 Å². The standard InChI is InChI=1S/C23H21FN4O2/c1-15-11-18(4-3-17-5-7-19(24)8-6-17)13-25-22(15)27-23(29)21-16(2)12-26-28(21)20-9-10-30-14-20/h5-8,11-13,20H,9-10,14H2,1-2H3,(H,25,27,29)/t20-/m0/s1. The minimum atomic E-state index is -0.296. The average molecular weight is 404 g/mol. The van der Waals surface area contributed by atoms with Crippen molar-refractivity contribution in [2.75, 3.05) is 18.5 Å². The lowest BCUT2D eigenvalue weighted by atomic mass is 10.1. The summed E-state index contributed by atoms with van der Waals surface area (Å²) >= 11 is 0. The van der Waals surface area contributed by atoms with Crippen LogP contribution >= 0.6 is 0 Å². The van der Waals surface area contributed by atoms with Crippen molar-refractivity contribution in [2.24, 2.45) is 0 Å². The van der Waals surface area contributed by atoms with Crippen LogP contribution in [-0.2, 0) is 4.74 Å². The second-order valence-corrected chi connectivity index (χ2v) is 7.24. The van der Waals surface area contributed by atoms with Crippen molar-refractivity contribution >= 4 is 11.7 Å². The van der Waals surface area contributed by atoms with Crippen LogP contribution < -0.4 is 5.32 Å². The molecule has 1 aromatic carbocycles. The van der Waals surface area contributed by atoms with E-state index >= 15 is 0 Å². The topological polar surface area (TPSA) is 69.0 Å². The van der Waals surface area contributed by atoms with Crippen LogP contribution in [0.5, 0.6) is 0 Å². The molecule has 1 fully saturated rings. The highest BCUT2D eigenvalue weighted by Crippen LogP contribution is 2.23. The van der Waals surface area contributed by atoms with Gasteiger partial charge < -0.3 is 10.1 Å². The molecule has 1 atom stereocenters. The van der Waals surface area contributed by atoms with Gasteiger partial charge in [0, 0.05) is 29.5 Å². The molecule has 0 spiro atoms. The van der Waals surface area contributed by atoms with Gasteiger partial charge in [0.1, 0.15) is 17.3 Å². The molecule has 0 aliphatic carbocycles. The molecule has 0 saturated carbocycles. The number of carbonyl (C=O) groups excluding carboxylic acids is 1. The molecule has 1 aliphatic rings. The Bertz CT molecular complexity index is 1140. The molecule has 30 heavy (non-hydrogen) atoms. The molecule has 3 aromatic rings. The van der Waals surface area contributed by atoms with Gasteiger partial charge in [0.05, 0.1) is 18.8 Å². The molecular formula is C23H21FN4O2. The van der Waals surface area contributed by atoms with E-state index in [1.165, 1.54) is 12.1 Å². The molecule has 1 N–H and O–H groups in total. The molecule has 0 radical (unpaired) electrons. The van der Waals surface area contributed by atoms with Gasteiger partial charge in [-0.15, -0.1) is 0 Å². The zero-order chi connectivity index (χ0) is 21.1. The number of benzene rings is 1. The molecule has 152 valence electrons. The molecule has 6 nitrogen and oxygen atoms in total. The predicted molar refractivity (Wildman–Crippen MR) is 111 cm³/mol. The van der Waals surface area contributed by atoms with E-state index in [9.17, 15) is 9.18 Å². The van der Waals surface area contributed by atoms with Gasteiger partial charge >= 0.3 is 0 Å². The summed E-state index contributed by atoms with van der Waals surface area (Å²) < 4.78 is 20.2. The number of hydrogen-bond donors (Lipinski definition) is 1. The summed E-state index contributed by atoms with van der Waals surface area (Å²) in [7, 11) is 0. The summed E-state index contributed by atoms with van der Waals surface area (Å²) in [5, 5.41) is 7.25. The predicted octanol–water partition coefficient (Wildman–Crippen LogP) is 3.65. The lowest BCUT2D eigenvalue weighted by molar-refractivity contribution is 0.101. The summed E-state index contributed by atoms with van der Waals surface area (Å²) in [5.41, 5.74) is 3.54. The fraction of sp³-hybridized carbons (Fsp3) is 0.261. The highest BCUT2D eigenvalue weighted by atomic mass is 19.1. The van der Waals surface area contributed by atoms with Crippen molar-refractivity contribution < 1.29 is 13.9 Å². The van der Waals surface area contributed by atoms with E-state index in [4.69, 9.17) is 4.74 Å². The molecule has 0 unspecified atom stereocenters. The van der Waals surface area contributed by atoms with Gasteiger partial charge in [-0.25, -0.2) is 9.37 Å². The second kappa shape index (κ2) is 8.47. The third-order valence-electron chi connectivity index (χ3n) is 4.95. The smallest absolute Gasteiger partial charge is 0.275 e. The maximum absolute atomic E-state index is 13.0. The van der Waals surface area contributed by atoms with Crippen molar-refractivity contribution in [2.45, 2.75) is 26.3 Å². The Balaban J connectivity index is 1.51. The van der Waals surface area contributed by atoms with Crippen LogP contribution in [0.2, 0.25) is 0 Å². The van der Waals surface area contributed by atoms with Gasteiger partial charge in [0.25, 0.3) is 5.91 Å². The largest absolute Gasteiger partial charge is 0.379 e. The summed E-state index contributed by atoms with van der Waals surface area (Å²) in [6.07, 6.45) is 4.13. The molecule has 2 aromatic heterocycles. The molecule has 1 amide bonds. The van der Waals surface area contributed by atoms with Crippen molar-refractivity contribution in [3.05, 3.63) is 76.5 Å². The SMILES string of the molecule is Cc1cc(C#Cc2ccc(F)cc2)cnc1NC(=O)c1c(C)cnn1[C@H]1CCOC1. The summed E-state index contributed by atoms with van der Waals surface area (Å²) in [6, 6.07) is 7.91. The Kier molecular flexibility index (Phi) is 5.59. The lowest BCUT2D eigenvalue weighted by Crippen LogP contribution is -2.23. The van der Waals surface area contributed by atoms with E-state index in [1.54, 1.807) is 29.2 Å². The van der Waals surface area contributed by atoms with E-state index in [-0.39, 0.29) is 17.8 Å². The van der Waals surface area contributed by atoms with Crippen LogP contribution in [0.3, 0.4) is 0 Å². The quantitative estimate of drug-likeness (QED) is 0.677. The maximum Gasteiger partial charge on any atom is 0.275 e. The molecule has 7 heteroatoms. The van der Waals surface area contributed by atoms with Crippen molar-refractivity contribution in [1.29, 1.82) is 0 Å². The van der Waals surface area contributed by atoms with Crippen molar-refractivity contribution in [3.63, 3.8) is 0 Å². The van der Waals surface area contributed by atoms with Gasteiger partial charge in [-0.2, -0.15) is 5.10 Å². The number of carbonyl (C=O) groups is 1. The Hall–Kier alpha value is -3.50. The number of amides is 1. The lowest BCUT2D eigenvalue weighted by Gasteiger charge is -2.14. The van der Waals surface area contributed by atoms with E-state index < -0.39 is 0 Å². The van der Waals surface area contributed by atoms with E-state index in [1.807, 2.05) is 19.9 Å². The van der Waals surface area contributed by atoms with Crippen LogP contribution in [0.15, 0.2) is 42.7 Å². The number of hydrogen-bond acceptors (Lipinski definition) is 4. The Morgan fingerprint density at radius 2 is 1.93 bits per heavy atom. The van der Waals surface area contributed by atoms with E-state index in [0.717, 1.165) is 17.5 Å². The van der Waals surface area contributed by atoms with Gasteiger partial charge in [-0.1, -0.05) is 11.8 Å². The second-order valence-electron chi connectivity index (χ2n) is 7.24. The number of nitrogens with one attached hydrogen (secondary N) is 1. The Morgan fingerprint density at radius 3 is 2.63 bits per heavy atom. The van der Waals surface area contributed by atoms with Crippen LogP contribution in [0, 0.1) is 31.5 Å². The van der Waals surface area contributed by atoms with Crippen molar-refractivity contribution in [1.82, 2.24) is 14.8 Å². The monoisotopic (exact) mass is 404 g/mol. The minimum absolute atomic E-state index is 0.0672. The van der Waals surface area contributed by atoms with Gasteiger partial charge in [-0.3, -0.25) is 9.48 Å². The number of anilines is 1. The number of halogens is 1. The first-order chi connectivity index (χ1) is 14.5. The molecule has 1 saturated heterocycles. The first kappa shape index (κ1) is 19.8. The molecule has 1 aliphatic heterocycles. The zero-order valence-corrected chi connectivity index (χ0v) is 16.8. The minimum Gasteiger partial charge on any atom is -0.379 e. The number of pyridine rings is 1. The van der Waals surface area contributed by atoms with Gasteiger partial charge in [0.2, 0.25) is 0 Å². The number of rotatable bonds is 3. The first-order valence-corrected chi connectivity index (χ1v) is 9.68. The molecular weight excluding hydrogens is 383 g/mol. The van der Waals surface area contributed by atoms with E-state index in [2.05, 4.69) is 27.2 Å². The van der Waals surface area contributed by atoms with Crippen LogP contribution in [0.25, 0.3) is 0 Å². The fourth-order valence-electron chi connectivity index (χ4n) is 3.34. The number of nitrogens with zero attached hydrogens (tertiary/aromatic N) is 3. The van der Waals surface area contributed by atoms with Crippen LogP contribution in [0.1, 0.15) is 45.2 Å². The third kappa shape index (κ3) is 4.24. The normalized spacial score (nSPS) is 15.5. The fourth-order valence-corrected chi connectivity index (χ4v) is 3.34. The Labute approximate surface area is 174 Å². The number of aryl methyl sites for hydroxylation is 2. The van der Waals surface area contributed by atoms with Gasteiger partial charge in [-0.05, 0) is 56.2 Å². The third-order valence-corrected chi connectivity index (χ3v) is 4.95. The summed E-state index contributed by atoms with van der Waals surface area (Å²) in [5.74, 6) is 5.91. The highest BCUT2D eigenvalue weighted by Gasteiger charge is 2.25. The molecule has 0 bridgehead atoms. The van der Waals surface area contributed by atoms with E-state index in [0.29, 0.717) is 35.9 Å². The summed E-state index contributed by atoms with van der Waals surface area (Å²) in [4.78, 5) is 17.3. The molecule has 4 rings (SSSR count). The zero-order valence-electron chi connectivity index (χ0n) is 16.8. The maximum atomic E-state index is 13.0. The number of ether oxygens (including phenoxy) is 1. The molecule has 3 heterocycles. The van der Waals surface area contributed by atoms with Crippen LogP contribution in [-0.4, -0.2) is 33.9 Å². The number of aromatic nitrogens is 3. The van der Waals surface area contributed by atoms with Crippen LogP contribution in [0.4, 0.5) is 10.2 Å². The Morgan fingerprint density at radius 1 is 1.17 bits per heavy atom. The summed E-state index contributed by atoms with van der Waals surface area (Å²) in [6.45, 7) is 4.95. The van der Waals surface area contributed by atoms with Crippen molar-refractivity contribution in [3.8, 4) is 11.8 Å². The highest BCUT2D eigenvalue weighted by molar-refractivity contribution is 6.03. The average Bonchev–Trinajstić information content (AvgIpc) is 3.39.